The highest BCUT2D eigenvalue weighted by Crippen LogP contribution is 2.21. The van der Waals surface area contributed by atoms with Gasteiger partial charge in [-0.05, 0) is 50.2 Å². The van der Waals surface area contributed by atoms with Gasteiger partial charge in [-0.25, -0.2) is 9.18 Å². The molecule has 2 aromatic carbocycles. The van der Waals surface area contributed by atoms with Gasteiger partial charge in [0.1, 0.15) is 5.82 Å². The summed E-state index contributed by atoms with van der Waals surface area (Å²) < 4.78 is 13.9. The van der Waals surface area contributed by atoms with Gasteiger partial charge in [-0.15, -0.1) is 0 Å². The van der Waals surface area contributed by atoms with Crippen LogP contribution in [0.2, 0.25) is 0 Å². The molecule has 1 N–H and O–H groups in total. The normalized spacial score (nSPS) is 14.2. The number of carbonyl (C=O) groups excluding carboxylic acids is 1. The number of para-hydroxylation sites is 1. The van der Waals surface area contributed by atoms with Crippen molar-refractivity contribution in [2.75, 3.05) is 54.4 Å². The maximum absolute atomic E-state index is 13.9. The maximum Gasteiger partial charge on any atom is 0.321 e. The van der Waals surface area contributed by atoms with Gasteiger partial charge in [0.05, 0.1) is 5.69 Å². The smallest absolute Gasteiger partial charge is 0.321 e. The fraction of sp³-hybridized carbons (Fsp3) is 0.381. The Hall–Kier alpha value is -2.76. The molecule has 5 nitrogen and oxygen atoms in total. The van der Waals surface area contributed by atoms with Crippen LogP contribution in [0.25, 0.3) is 0 Å². The first-order valence-electron chi connectivity index (χ1n) is 9.52. The van der Waals surface area contributed by atoms with Crippen LogP contribution in [0.3, 0.4) is 0 Å². The molecule has 2 aromatic rings. The van der Waals surface area contributed by atoms with E-state index in [1.165, 1.54) is 6.07 Å². The molecule has 144 valence electrons. The molecular formula is C21H27FN4O. The Morgan fingerprint density at radius 3 is 2.22 bits per heavy atom. The monoisotopic (exact) mass is 370 g/mol. The highest BCUT2D eigenvalue weighted by Gasteiger charge is 2.22. The minimum absolute atomic E-state index is 0.112. The van der Waals surface area contributed by atoms with E-state index in [4.69, 9.17) is 0 Å². The van der Waals surface area contributed by atoms with Crippen molar-refractivity contribution in [1.82, 2.24) is 4.90 Å². The summed E-state index contributed by atoms with van der Waals surface area (Å²) >= 11 is 0. The molecule has 2 amide bonds. The molecular weight excluding hydrogens is 343 g/mol. The van der Waals surface area contributed by atoms with Gasteiger partial charge in [0.2, 0.25) is 0 Å². The van der Waals surface area contributed by atoms with Gasteiger partial charge in [0.25, 0.3) is 0 Å². The zero-order valence-electron chi connectivity index (χ0n) is 16.0. The highest BCUT2D eigenvalue weighted by atomic mass is 19.1. The predicted molar refractivity (Wildman–Crippen MR) is 109 cm³/mol. The molecule has 3 rings (SSSR count). The van der Waals surface area contributed by atoms with Gasteiger partial charge in [-0.1, -0.05) is 12.1 Å². The van der Waals surface area contributed by atoms with Crippen LogP contribution in [-0.2, 0) is 0 Å². The summed E-state index contributed by atoms with van der Waals surface area (Å²) in [7, 11) is 0. The van der Waals surface area contributed by atoms with Crippen molar-refractivity contribution in [2.24, 2.45) is 0 Å². The first-order chi connectivity index (χ1) is 13.1. The molecule has 1 saturated heterocycles. The number of hydrogen-bond donors (Lipinski definition) is 1. The van der Waals surface area contributed by atoms with Crippen LogP contribution in [0.5, 0.6) is 0 Å². The van der Waals surface area contributed by atoms with Crippen molar-refractivity contribution in [3.05, 3.63) is 54.3 Å². The number of piperazine rings is 1. The van der Waals surface area contributed by atoms with Crippen LogP contribution in [0.4, 0.5) is 26.2 Å². The highest BCUT2D eigenvalue weighted by molar-refractivity contribution is 5.89. The summed E-state index contributed by atoms with van der Waals surface area (Å²) in [5, 5.41) is 2.96. The molecule has 0 unspecified atom stereocenters. The SMILES string of the molecule is CCN(CC)c1ccc(NC(=O)N2CCN(c3ccccc3F)CC2)cc1. The van der Waals surface area contributed by atoms with E-state index >= 15 is 0 Å². The van der Waals surface area contributed by atoms with Crippen LogP contribution in [0, 0.1) is 5.82 Å². The third-order valence-corrected chi connectivity index (χ3v) is 5.01. The number of nitrogens with one attached hydrogen (secondary N) is 1. The van der Waals surface area contributed by atoms with E-state index in [-0.39, 0.29) is 11.8 Å². The van der Waals surface area contributed by atoms with Gasteiger partial charge in [-0.3, -0.25) is 0 Å². The quantitative estimate of drug-likeness (QED) is 0.864. The van der Waals surface area contributed by atoms with Crippen molar-refractivity contribution in [3.8, 4) is 0 Å². The van der Waals surface area contributed by atoms with E-state index in [1.807, 2.05) is 35.2 Å². The van der Waals surface area contributed by atoms with E-state index in [2.05, 4.69) is 24.1 Å². The summed E-state index contributed by atoms with van der Waals surface area (Å²) in [4.78, 5) is 18.5. The van der Waals surface area contributed by atoms with Crippen molar-refractivity contribution in [2.45, 2.75) is 13.8 Å². The lowest BCUT2D eigenvalue weighted by atomic mass is 10.2. The Morgan fingerprint density at radius 1 is 1.00 bits per heavy atom. The zero-order chi connectivity index (χ0) is 19.2. The summed E-state index contributed by atoms with van der Waals surface area (Å²) in [6.45, 7) is 8.53. The van der Waals surface area contributed by atoms with Gasteiger partial charge < -0.3 is 20.0 Å². The molecule has 0 radical (unpaired) electrons. The van der Waals surface area contributed by atoms with E-state index in [1.54, 1.807) is 17.0 Å². The molecule has 1 aliphatic rings. The first kappa shape index (κ1) is 19.0. The number of anilines is 3. The van der Waals surface area contributed by atoms with E-state index in [0.29, 0.717) is 31.9 Å². The van der Waals surface area contributed by atoms with Crippen LogP contribution in [0.1, 0.15) is 13.8 Å². The topological polar surface area (TPSA) is 38.8 Å². The Morgan fingerprint density at radius 2 is 1.63 bits per heavy atom. The summed E-state index contributed by atoms with van der Waals surface area (Å²) in [6, 6.07) is 14.6. The second-order valence-corrected chi connectivity index (χ2v) is 6.57. The molecule has 6 heteroatoms. The third kappa shape index (κ3) is 4.51. The number of halogens is 1. The van der Waals surface area contributed by atoms with E-state index in [9.17, 15) is 9.18 Å². The average molecular weight is 370 g/mol. The number of rotatable bonds is 5. The second-order valence-electron chi connectivity index (χ2n) is 6.57. The molecule has 0 atom stereocenters. The van der Waals surface area contributed by atoms with Crippen LogP contribution >= 0.6 is 0 Å². The zero-order valence-corrected chi connectivity index (χ0v) is 16.0. The molecule has 1 fully saturated rings. The second kappa shape index (κ2) is 8.75. The minimum atomic E-state index is -0.219. The number of carbonyl (C=O) groups is 1. The standard InChI is InChI=1S/C21H27FN4O/c1-3-24(4-2)18-11-9-17(10-12-18)23-21(27)26-15-13-25(14-16-26)20-8-6-5-7-19(20)22/h5-12H,3-4,13-16H2,1-2H3,(H,23,27). The van der Waals surface area contributed by atoms with Crippen LogP contribution in [0.15, 0.2) is 48.5 Å². The van der Waals surface area contributed by atoms with E-state index < -0.39 is 0 Å². The lowest BCUT2D eigenvalue weighted by molar-refractivity contribution is 0.208. The van der Waals surface area contributed by atoms with Gasteiger partial charge in [-0.2, -0.15) is 0 Å². The fourth-order valence-corrected chi connectivity index (χ4v) is 3.41. The number of hydrogen-bond acceptors (Lipinski definition) is 3. The average Bonchev–Trinajstić information content (AvgIpc) is 2.71. The Bertz CT molecular complexity index is 753. The molecule has 0 aromatic heterocycles. The van der Waals surface area contributed by atoms with Crippen molar-refractivity contribution >= 4 is 23.1 Å². The molecule has 0 bridgehead atoms. The molecule has 0 saturated carbocycles. The lowest BCUT2D eigenvalue weighted by Gasteiger charge is -2.36. The first-order valence-corrected chi connectivity index (χ1v) is 9.52. The summed E-state index contributed by atoms with van der Waals surface area (Å²) in [5.74, 6) is -0.219. The maximum atomic E-state index is 13.9. The lowest BCUT2D eigenvalue weighted by Crippen LogP contribution is -2.50. The fourth-order valence-electron chi connectivity index (χ4n) is 3.41. The number of benzene rings is 2. The largest absolute Gasteiger partial charge is 0.372 e. The van der Waals surface area contributed by atoms with Gasteiger partial charge in [0.15, 0.2) is 0 Å². The molecule has 0 spiro atoms. The molecule has 0 aliphatic carbocycles. The summed E-state index contributed by atoms with van der Waals surface area (Å²) in [5.41, 5.74) is 2.54. The van der Waals surface area contributed by atoms with Crippen LogP contribution in [-0.4, -0.2) is 50.2 Å². The Labute approximate surface area is 160 Å². The molecule has 27 heavy (non-hydrogen) atoms. The Balaban J connectivity index is 1.54. The van der Waals surface area contributed by atoms with Gasteiger partial charge in [0, 0.05) is 50.6 Å². The number of nitrogens with zero attached hydrogens (tertiary/aromatic N) is 3. The van der Waals surface area contributed by atoms with Crippen molar-refractivity contribution in [3.63, 3.8) is 0 Å². The molecule has 1 aliphatic heterocycles. The number of amides is 2. The Kier molecular flexibility index (Phi) is 6.16. The third-order valence-electron chi connectivity index (χ3n) is 5.01. The predicted octanol–water partition coefficient (Wildman–Crippen LogP) is 4.03. The molecule has 1 heterocycles. The summed E-state index contributed by atoms with van der Waals surface area (Å²) in [6.07, 6.45) is 0. The van der Waals surface area contributed by atoms with Crippen molar-refractivity contribution in [1.29, 1.82) is 0 Å². The van der Waals surface area contributed by atoms with E-state index in [0.717, 1.165) is 24.5 Å². The van der Waals surface area contributed by atoms with Crippen molar-refractivity contribution < 1.29 is 9.18 Å². The minimum Gasteiger partial charge on any atom is -0.372 e. The van der Waals surface area contributed by atoms with Gasteiger partial charge >= 0.3 is 6.03 Å². The number of urea groups is 1. The van der Waals surface area contributed by atoms with Crippen LogP contribution < -0.4 is 15.1 Å².